The average molecular weight is 615 g/mol. The highest BCUT2D eigenvalue weighted by Gasteiger charge is 2.53. The van der Waals surface area contributed by atoms with Crippen LogP contribution in [0.3, 0.4) is 0 Å². The van der Waals surface area contributed by atoms with E-state index in [-0.39, 0.29) is 69.9 Å². The zero-order valence-electron chi connectivity index (χ0n) is 33.1. The number of rotatable bonds is 3. The van der Waals surface area contributed by atoms with Crippen LogP contribution in [0.15, 0.2) is 127 Å². The predicted octanol–water partition coefficient (Wildman–Crippen LogP) is 13.0. The Balaban J connectivity index is 1.29. The molecule has 8 aromatic rings. The first-order valence-corrected chi connectivity index (χ1v) is 17.4. The zero-order valence-corrected chi connectivity index (χ0v) is 25.9. The van der Waals surface area contributed by atoms with E-state index < -0.39 is 0 Å². The topological polar surface area (TPSA) is 0 Å². The third-order valence-corrected chi connectivity index (χ3v) is 12.7. The molecule has 0 aliphatic heterocycles. The summed E-state index contributed by atoms with van der Waals surface area (Å²) in [4.78, 5) is 0. The van der Waals surface area contributed by atoms with E-state index in [9.17, 15) is 5.48 Å². The van der Waals surface area contributed by atoms with E-state index in [2.05, 4.69) is 36.4 Å². The summed E-state index contributed by atoms with van der Waals surface area (Å²) in [6.07, 6.45) is 5.24. The first-order chi connectivity index (χ1) is 26.1. The maximum absolute atomic E-state index is 9.48. The van der Waals surface area contributed by atoms with Gasteiger partial charge in [-0.15, -0.1) is 11.3 Å². The van der Waals surface area contributed by atoms with Crippen LogP contribution in [0.25, 0.3) is 75.4 Å². The lowest BCUT2D eigenvalue weighted by molar-refractivity contribution is 0.249. The molecule has 220 valence electrons. The van der Waals surface area contributed by atoms with Crippen molar-refractivity contribution in [2.45, 2.75) is 31.6 Å². The van der Waals surface area contributed by atoms with Crippen LogP contribution in [-0.4, -0.2) is 0 Å². The Morgan fingerprint density at radius 3 is 2.04 bits per heavy atom. The van der Waals surface area contributed by atoms with Gasteiger partial charge in [-0.25, -0.2) is 0 Å². The standard InChI is InChI=1S/C45H34S/c1-2-8-33-27(7-1)13-14-28-15-16-30(23-38(28)33)44-34-9-3-5-11-36(34)45(37-12-6-4-10-35(37)44)41-25-46-42-18-17-29(24-40(41)42)43-32-20-26-19-31(22-32)39(43)21-26/h1-18,23-26,31-32,39,43H,19-22H2/i3D,4D,5D,6D,9D,10D,11D,12D. The van der Waals surface area contributed by atoms with Crippen molar-refractivity contribution in [3.8, 4) is 22.3 Å². The highest BCUT2D eigenvalue weighted by atomic mass is 32.1. The van der Waals surface area contributed by atoms with Crippen LogP contribution in [-0.2, 0) is 0 Å². The predicted molar refractivity (Wildman–Crippen MR) is 198 cm³/mol. The summed E-state index contributed by atoms with van der Waals surface area (Å²) in [5.41, 5.74) is 3.50. The van der Waals surface area contributed by atoms with Gasteiger partial charge in [-0.1, -0.05) is 103 Å². The molecule has 0 saturated heterocycles. The molecule has 5 unspecified atom stereocenters. The smallest absolute Gasteiger partial charge is 0.0629 e. The lowest BCUT2D eigenvalue weighted by Crippen LogP contribution is -2.21. The van der Waals surface area contributed by atoms with Gasteiger partial charge in [0.1, 0.15) is 0 Å². The van der Waals surface area contributed by atoms with Crippen LogP contribution in [0.4, 0.5) is 0 Å². The normalized spacial score (nSPS) is 26.0. The third kappa shape index (κ3) is 3.55. The largest absolute Gasteiger partial charge is 0.143 e. The Morgan fingerprint density at radius 2 is 1.26 bits per heavy atom. The number of fused-ring (bicyclic) bond motifs is 6. The Kier molecular flexibility index (Phi) is 3.99. The molecule has 12 rings (SSSR count). The summed E-state index contributed by atoms with van der Waals surface area (Å²) in [6.45, 7) is 0. The van der Waals surface area contributed by atoms with Gasteiger partial charge >= 0.3 is 0 Å². The van der Waals surface area contributed by atoms with Gasteiger partial charge in [-0.2, -0.15) is 0 Å². The lowest BCUT2D eigenvalue weighted by atomic mass is 9.72. The summed E-state index contributed by atoms with van der Waals surface area (Å²) in [5.74, 6) is 3.55. The maximum Gasteiger partial charge on any atom is 0.0629 e. The van der Waals surface area contributed by atoms with E-state index >= 15 is 0 Å². The monoisotopic (exact) mass is 614 g/mol. The van der Waals surface area contributed by atoms with Crippen LogP contribution < -0.4 is 0 Å². The molecule has 7 aromatic carbocycles. The van der Waals surface area contributed by atoms with E-state index in [0.29, 0.717) is 34.4 Å². The van der Waals surface area contributed by atoms with Gasteiger partial charge in [-0.05, 0) is 144 Å². The summed E-state index contributed by atoms with van der Waals surface area (Å²) in [7, 11) is 0. The third-order valence-electron chi connectivity index (χ3n) is 11.7. The molecule has 1 aromatic heterocycles. The Bertz CT molecular complexity index is 2900. The summed E-state index contributed by atoms with van der Waals surface area (Å²) < 4.78 is 74.5. The van der Waals surface area contributed by atoms with E-state index in [4.69, 9.17) is 5.48 Å². The van der Waals surface area contributed by atoms with Crippen molar-refractivity contribution >= 4 is 64.5 Å². The Labute approximate surface area is 284 Å². The minimum Gasteiger partial charge on any atom is -0.143 e. The molecule has 0 amide bonds. The number of hydrogen-bond acceptors (Lipinski definition) is 1. The second-order valence-corrected chi connectivity index (χ2v) is 14.8. The molecule has 1 heterocycles. The average Bonchev–Trinajstić information content (AvgIpc) is 3.82. The first kappa shape index (κ1) is 19.3. The summed E-state index contributed by atoms with van der Waals surface area (Å²) in [6, 6.07) is 22.4. The van der Waals surface area contributed by atoms with Crippen molar-refractivity contribution in [3.63, 3.8) is 0 Å². The van der Waals surface area contributed by atoms with Crippen molar-refractivity contribution in [1.29, 1.82) is 0 Å². The SMILES string of the molecule is [2H]c1c([2H])c([2H])c2c(-c3csc4ccc(C5C6CC7CC(C6)C5C7)cc34)c3c([2H])c([2H])c([2H])c([2H])c3c(-c3ccc4ccc5ccccc5c4c3)c2c1[2H]. The van der Waals surface area contributed by atoms with Crippen molar-refractivity contribution in [2.75, 3.05) is 0 Å². The fraction of sp³-hybridized carbons (Fsp3) is 0.200. The molecule has 4 saturated carbocycles. The molecule has 46 heavy (non-hydrogen) atoms. The van der Waals surface area contributed by atoms with Crippen molar-refractivity contribution in [3.05, 3.63) is 132 Å². The highest BCUT2D eigenvalue weighted by Crippen LogP contribution is 2.64. The second-order valence-electron chi connectivity index (χ2n) is 13.9. The van der Waals surface area contributed by atoms with Crippen LogP contribution in [0.2, 0.25) is 0 Å². The molecule has 4 aliphatic carbocycles. The minimum atomic E-state index is -0.380. The van der Waals surface area contributed by atoms with Gasteiger partial charge in [0, 0.05) is 15.6 Å². The molecule has 0 spiro atoms. The van der Waals surface area contributed by atoms with Crippen molar-refractivity contribution in [2.24, 2.45) is 23.7 Å². The van der Waals surface area contributed by atoms with Crippen molar-refractivity contribution in [1.82, 2.24) is 0 Å². The Morgan fingerprint density at radius 1 is 0.565 bits per heavy atom. The van der Waals surface area contributed by atoms with E-state index in [1.165, 1.54) is 31.2 Å². The first-order valence-electron chi connectivity index (χ1n) is 20.5. The molecular weight excluding hydrogens is 573 g/mol. The van der Waals surface area contributed by atoms with Gasteiger partial charge in [0.05, 0.1) is 11.0 Å². The summed E-state index contributed by atoms with van der Waals surface area (Å²) in [5, 5.41) is 8.06. The van der Waals surface area contributed by atoms with Crippen LogP contribution in [0.1, 0.15) is 48.1 Å². The fourth-order valence-corrected chi connectivity index (χ4v) is 11.0. The lowest BCUT2D eigenvalue weighted by Gasteiger charge is -2.32. The van der Waals surface area contributed by atoms with E-state index in [1.807, 2.05) is 41.8 Å². The zero-order chi connectivity index (χ0) is 36.9. The van der Waals surface area contributed by atoms with Gasteiger partial charge in [0.2, 0.25) is 0 Å². The quantitative estimate of drug-likeness (QED) is 0.137. The maximum atomic E-state index is 9.48. The molecule has 5 atom stereocenters. The number of benzene rings is 7. The number of thiophene rings is 1. The van der Waals surface area contributed by atoms with E-state index in [1.54, 1.807) is 11.3 Å². The Hall–Kier alpha value is -4.46. The second kappa shape index (κ2) is 9.53. The molecule has 4 bridgehead atoms. The van der Waals surface area contributed by atoms with Gasteiger partial charge < -0.3 is 0 Å². The highest BCUT2D eigenvalue weighted by molar-refractivity contribution is 7.17. The van der Waals surface area contributed by atoms with Gasteiger partial charge in [0.25, 0.3) is 0 Å². The van der Waals surface area contributed by atoms with Gasteiger partial charge in [0.15, 0.2) is 0 Å². The minimum absolute atomic E-state index is 0.219. The van der Waals surface area contributed by atoms with Gasteiger partial charge in [-0.3, -0.25) is 0 Å². The van der Waals surface area contributed by atoms with Crippen LogP contribution >= 0.6 is 11.3 Å². The van der Waals surface area contributed by atoms with E-state index in [0.717, 1.165) is 49.0 Å². The molecule has 4 fully saturated rings. The molecule has 4 aliphatic rings. The van der Waals surface area contributed by atoms with Crippen LogP contribution in [0, 0.1) is 23.7 Å². The molecule has 0 N–H and O–H groups in total. The molecule has 0 nitrogen and oxygen atoms in total. The molecule has 0 radical (unpaired) electrons. The molecular formula is C45H34S. The number of hydrogen-bond donors (Lipinski definition) is 0. The van der Waals surface area contributed by atoms with Crippen LogP contribution in [0.5, 0.6) is 0 Å². The molecule has 1 heteroatoms. The summed E-state index contributed by atoms with van der Waals surface area (Å²) >= 11 is 1.56. The fourth-order valence-electron chi connectivity index (χ4n) is 10.0. The van der Waals surface area contributed by atoms with Crippen molar-refractivity contribution < 1.29 is 11.0 Å².